The van der Waals surface area contributed by atoms with E-state index in [0.717, 1.165) is 12.2 Å². The summed E-state index contributed by atoms with van der Waals surface area (Å²) in [6, 6.07) is 6.40. The maximum atomic E-state index is 11.6. The number of benzene rings is 1. The van der Waals surface area contributed by atoms with Crippen molar-refractivity contribution < 1.29 is 23.9 Å². The van der Waals surface area contributed by atoms with Crippen molar-refractivity contribution in [3.05, 3.63) is 42.0 Å². The molecule has 0 bridgehead atoms. The molecule has 0 aliphatic heterocycles. The Morgan fingerprint density at radius 3 is 2.25 bits per heavy atom. The lowest BCUT2D eigenvalue weighted by Gasteiger charge is -2.08. The third kappa shape index (κ3) is 7.01. The number of hydrogen-bond donors (Lipinski definition) is 2. The molecule has 0 saturated carbocycles. The minimum absolute atomic E-state index is 0.0531. The molecule has 0 fully saturated rings. The van der Waals surface area contributed by atoms with Crippen LogP contribution in [0.3, 0.4) is 0 Å². The standard InChI is InChI=1S/C16H18N2O5S/c1-3-22-14(20)10-9-13(19)18-16(24)17-12-7-5-11(6-8-12)15(21)23-4-2/h5-10H,3-4H2,1-2H3,(H2,17,18,19,24). The number of anilines is 1. The molecule has 0 aromatic heterocycles. The van der Waals surface area contributed by atoms with Gasteiger partial charge in [0.2, 0.25) is 5.91 Å². The largest absolute Gasteiger partial charge is 0.463 e. The summed E-state index contributed by atoms with van der Waals surface area (Å²) in [7, 11) is 0. The summed E-state index contributed by atoms with van der Waals surface area (Å²) >= 11 is 4.98. The summed E-state index contributed by atoms with van der Waals surface area (Å²) in [5.74, 6) is -1.59. The number of carbonyl (C=O) groups is 3. The van der Waals surface area contributed by atoms with Crippen molar-refractivity contribution in [2.45, 2.75) is 13.8 Å². The van der Waals surface area contributed by atoms with E-state index in [1.165, 1.54) is 0 Å². The van der Waals surface area contributed by atoms with Gasteiger partial charge in [0.15, 0.2) is 5.11 Å². The Labute approximate surface area is 145 Å². The highest BCUT2D eigenvalue weighted by atomic mass is 32.1. The molecule has 128 valence electrons. The van der Waals surface area contributed by atoms with E-state index in [-0.39, 0.29) is 11.7 Å². The fourth-order valence-corrected chi connectivity index (χ4v) is 1.77. The molecule has 1 amide bonds. The normalized spacial score (nSPS) is 10.1. The van der Waals surface area contributed by atoms with Gasteiger partial charge in [-0.25, -0.2) is 9.59 Å². The Hall–Kier alpha value is -2.74. The van der Waals surface area contributed by atoms with Gasteiger partial charge < -0.3 is 14.8 Å². The van der Waals surface area contributed by atoms with Crippen LogP contribution < -0.4 is 10.6 Å². The number of amides is 1. The third-order valence-electron chi connectivity index (χ3n) is 2.55. The molecule has 2 N–H and O–H groups in total. The number of esters is 2. The molecule has 0 spiro atoms. The van der Waals surface area contributed by atoms with Gasteiger partial charge in [0.1, 0.15) is 0 Å². The molecule has 1 rings (SSSR count). The smallest absolute Gasteiger partial charge is 0.338 e. The van der Waals surface area contributed by atoms with Crippen LogP contribution in [-0.2, 0) is 19.1 Å². The van der Waals surface area contributed by atoms with Crippen LogP contribution in [-0.4, -0.2) is 36.2 Å². The van der Waals surface area contributed by atoms with Crippen LogP contribution in [0.1, 0.15) is 24.2 Å². The van der Waals surface area contributed by atoms with Gasteiger partial charge in [-0.15, -0.1) is 0 Å². The van der Waals surface area contributed by atoms with Gasteiger partial charge in [0, 0.05) is 17.8 Å². The quantitative estimate of drug-likeness (QED) is 0.459. The van der Waals surface area contributed by atoms with Crippen molar-refractivity contribution in [3.63, 3.8) is 0 Å². The molecule has 0 atom stereocenters. The van der Waals surface area contributed by atoms with Gasteiger partial charge in [-0.2, -0.15) is 0 Å². The Morgan fingerprint density at radius 1 is 1.04 bits per heavy atom. The number of nitrogens with one attached hydrogen (secondary N) is 2. The summed E-state index contributed by atoms with van der Waals surface area (Å²) in [5.41, 5.74) is 0.998. The molecule has 0 saturated heterocycles. The molecular formula is C16H18N2O5S. The zero-order valence-electron chi connectivity index (χ0n) is 13.3. The molecule has 7 nitrogen and oxygen atoms in total. The Kier molecular flexibility index (Phi) is 8.14. The van der Waals surface area contributed by atoms with Crippen molar-refractivity contribution in [3.8, 4) is 0 Å². The van der Waals surface area contributed by atoms with Crippen molar-refractivity contribution in [1.82, 2.24) is 5.32 Å². The van der Waals surface area contributed by atoms with Crippen molar-refractivity contribution >= 4 is 40.9 Å². The van der Waals surface area contributed by atoms with Crippen molar-refractivity contribution in [2.75, 3.05) is 18.5 Å². The maximum Gasteiger partial charge on any atom is 0.338 e. The van der Waals surface area contributed by atoms with Gasteiger partial charge in [0.05, 0.1) is 18.8 Å². The van der Waals surface area contributed by atoms with Gasteiger partial charge >= 0.3 is 11.9 Å². The predicted molar refractivity (Wildman–Crippen MR) is 92.5 cm³/mol. The van der Waals surface area contributed by atoms with Gasteiger partial charge in [0.25, 0.3) is 0 Å². The van der Waals surface area contributed by atoms with Crippen LogP contribution in [0.2, 0.25) is 0 Å². The Balaban J connectivity index is 2.51. The number of thiocarbonyl (C=S) groups is 1. The lowest BCUT2D eigenvalue weighted by Crippen LogP contribution is -2.33. The predicted octanol–water partition coefficient (Wildman–Crippen LogP) is 1.80. The van der Waals surface area contributed by atoms with Crippen molar-refractivity contribution in [1.29, 1.82) is 0 Å². The van der Waals surface area contributed by atoms with Crippen LogP contribution in [0.5, 0.6) is 0 Å². The average molecular weight is 350 g/mol. The van der Waals surface area contributed by atoms with E-state index < -0.39 is 17.8 Å². The maximum absolute atomic E-state index is 11.6. The van der Waals surface area contributed by atoms with Gasteiger partial charge in [-0.3, -0.25) is 10.1 Å². The van der Waals surface area contributed by atoms with Gasteiger partial charge in [-0.1, -0.05) is 0 Å². The van der Waals surface area contributed by atoms with Crippen LogP contribution in [0.4, 0.5) is 5.69 Å². The lowest BCUT2D eigenvalue weighted by molar-refractivity contribution is -0.137. The van der Waals surface area contributed by atoms with Crippen LogP contribution in [0.15, 0.2) is 36.4 Å². The van der Waals surface area contributed by atoms with Crippen molar-refractivity contribution in [2.24, 2.45) is 0 Å². The van der Waals surface area contributed by atoms with E-state index in [1.54, 1.807) is 38.1 Å². The topological polar surface area (TPSA) is 93.7 Å². The summed E-state index contributed by atoms with van der Waals surface area (Å²) in [4.78, 5) is 34.2. The second kappa shape index (κ2) is 10.1. The molecule has 24 heavy (non-hydrogen) atoms. The second-order valence-corrected chi connectivity index (χ2v) is 4.73. The first-order valence-electron chi connectivity index (χ1n) is 7.20. The van der Waals surface area contributed by atoms with E-state index in [0.29, 0.717) is 17.9 Å². The molecule has 0 radical (unpaired) electrons. The summed E-state index contributed by atoms with van der Waals surface area (Å²) in [6.07, 6.45) is 2.03. The Bertz CT molecular complexity index is 640. The first-order valence-corrected chi connectivity index (χ1v) is 7.61. The second-order valence-electron chi connectivity index (χ2n) is 4.33. The third-order valence-corrected chi connectivity index (χ3v) is 2.75. The average Bonchev–Trinajstić information content (AvgIpc) is 2.54. The summed E-state index contributed by atoms with van der Waals surface area (Å²) < 4.78 is 9.53. The van der Waals surface area contributed by atoms with E-state index in [4.69, 9.17) is 17.0 Å². The highest BCUT2D eigenvalue weighted by Gasteiger charge is 2.07. The molecule has 1 aromatic carbocycles. The van der Waals surface area contributed by atoms with E-state index in [9.17, 15) is 14.4 Å². The molecule has 1 aromatic rings. The molecular weight excluding hydrogens is 332 g/mol. The van der Waals surface area contributed by atoms with E-state index in [1.807, 2.05) is 0 Å². The minimum atomic E-state index is -0.610. The number of rotatable bonds is 6. The van der Waals surface area contributed by atoms with Crippen LogP contribution in [0, 0.1) is 0 Å². The van der Waals surface area contributed by atoms with Crippen LogP contribution in [0.25, 0.3) is 0 Å². The number of hydrogen-bond acceptors (Lipinski definition) is 6. The number of carbonyl (C=O) groups excluding carboxylic acids is 3. The number of ether oxygens (including phenoxy) is 2. The van der Waals surface area contributed by atoms with Crippen LogP contribution >= 0.6 is 12.2 Å². The fourth-order valence-electron chi connectivity index (χ4n) is 1.55. The first kappa shape index (κ1) is 19.3. The molecule has 0 unspecified atom stereocenters. The summed E-state index contributed by atoms with van der Waals surface area (Å²) in [5, 5.41) is 5.21. The monoisotopic (exact) mass is 350 g/mol. The highest BCUT2D eigenvalue weighted by molar-refractivity contribution is 7.80. The highest BCUT2D eigenvalue weighted by Crippen LogP contribution is 2.10. The zero-order valence-corrected chi connectivity index (χ0v) is 14.1. The SMILES string of the molecule is CCOC(=O)C=CC(=O)NC(=S)Nc1ccc(C(=O)OCC)cc1. The molecule has 0 heterocycles. The molecule has 0 aliphatic carbocycles. The zero-order chi connectivity index (χ0) is 17.9. The molecule has 0 aliphatic rings. The lowest BCUT2D eigenvalue weighted by atomic mass is 10.2. The Morgan fingerprint density at radius 2 is 1.67 bits per heavy atom. The van der Waals surface area contributed by atoms with Gasteiger partial charge in [-0.05, 0) is 50.3 Å². The fraction of sp³-hybridized carbons (Fsp3) is 0.250. The van der Waals surface area contributed by atoms with E-state index >= 15 is 0 Å². The first-order chi connectivity index (χ1) is 11.5. The summed E-state index contributed by atoms with van der Waals surface area (Å²) in [6.45, 7) is 3.92. The van der Waals surface area contributed by atoms with E-state index in [2.05, 4.69) is 15.4 Å². The molecule has 8 heteroatoms. The minimum Gasteiger partial charge on any atom is -0.463 e.